The third-order valence-electron chi connectivity index (χ3n) is 4.01. The van der Waals surface area contributed by atoms with E-state index in [1.165, 1.54) is 0 Å². The molecule has 0 bridgehead atoms. The van der Waals surface area contributed by atoms with Crippen molar-refractivity contribution in [3.8, 4) is 18.0 Å². The Hall–Kier alpha value is -4.17. The summed E-state index contributed by atoms with van der Waals surface area (Å²) < 4.78 is 21.8. The van der Waals surface area contributed by atoms with Crippen LogP contribution in [0.5, 0.6) is 18.0 Å². The molecule has 0 amide bonds. The number of ether oxygens (including phenoxy) is 3. The van der Waals surface area contributed by atoms with Gasteiger partial charge in [-0.05, 0) is 13.8 Å². The third kappa shape index (κ3) is 5.50. The molecule has 15 heteroatoms. The molecule has 0 fully saturated rings. The van der Waals surface area contributed by atoms with Crippen LogP contribution in [0.3, 0.4) is 0 Å². The molecule has 0 spiro atoms. The van der Waals surface area contributed by atoms with E-state index in [1.54, 1.807) is 46.7 Å². The second kappa shape index (κ2) is 9.32. The van der Waals surface area contributed by atoms with Gasteiger partial charge in [0.25, 0.3) is 0 Å². The first-order valence-electron chi connectivity index (χ1n) is 9.70. The number of hydrogen-bond acceptors (Lipinski definition) is 12. The van der Waals surface area contributed by atoms with Crippen LogP contribution in [0.2, 0.25) is 0 Å². The molecule has 4 aromatic rings. The molecule has 0 N–H and O–H groups in total. The van der Waals surface area contributed by atoms with Crippen LogP contribution in [0.15, 0.2) is 18.6 Å². The quantitative estimate of drug-likeness (QED) is 0.325. The van der Waals surface area contributed by atoms with Crippen molar-refractivity contribution in [2.24, 2.45) is 14.1 Å². The predicted octanol–water partition coefficient (Wildman–Crippen LogP) is 0.0380. The minimum atomic E-state index is 0.0145. The van der Waals surface area contributed by atoms with Gasteiger partial charge in [0.2, 0.25) is 0 Å². The maximum atomic E-state index is 5.68. The normalized spacial score (nSPS) is 11.2. The van der Waals surface area contributed by atoms with E-state index in [2.05, 4.69) is 45.9 Å². The lowest BCUT2D eigenvalue weighted by Gasteiger charge is -2.08. The lowest BCUT2D eigenvalue weighted by molar-refractivity contribution is 0.219. The summed E-state index contributed by atoms with van der Waals surface area (Å²) in [6, 6.07) is 0.235. The van der Waals surface area contributed by atoms with Gasteiger partial charge in [0.05, 0.1) is 18.6 Å². The van der Waals surface area contributed by atoms with E-state index in [0.29, 0.717) is 17.1 Å². The van der Waals surface area contributed by atoms with Gasteiger partial charge in [-0.1, -0.05) is 15.6 Å². The zero-order valence-corrected chi connectivity index (χ0v) is 18.0. The molecule has 0 aromatic carbocycles. The average Bonchev–Trinajstić information content (AvgIpc) is 3.50. The van der Waals surface area contributed by atoms with Gasteiger partial charge in [-0.2, -0.15) is 0 Å². The summed E-state index contributed by atoms with van der Waals surface area (Å²) in [5.41, 5.74) is 1.86. The van der Waals surface area contributed by atoms with Crippen LogP contribution in [0, 0.1) is 0 Å². The zero-order valence-electron chi connectivity index (χ0n) is 18.0. The molecule has 4 rings (SSSR count). The van der Waals surface area contributed by atoms with Gasteiger partial charge in [-0.15, -0.1) is 30.2 Å². The van der Waals surface area contributed by atoms with Crippen molar-refractivity contribution >= 4 is 0 Å². The van der Waals surface area contributed by atoms with Gasteiger partial charge in [0.1, 0.15) is 36.9 Å². The number of aryl methyl sites for hydroxylation is 2. The fourth-order valence-electron chi connectivity index (χ4n) is 2.48. The van der Waals surface area contributed by atoms with Gasteiger partial charge < -0.3 is 14.2 Å². The lowest BCUT2D eigenvalue weighted by atomic mass is 10.4. The number of aromatic nitrogens is 12. The molecule has 0 radical (unpaired) electrons. The van der Waals surface area contributed by atoms with E-state index < -0.39 is 0 Å². The molecule has 15 nitrogen and oxygen atoms in total. The number of hydrogen-bond donors (Lipinski definition) is 0. The molecule has 0 aliphatic carbocycles. The van der Waals surface area contributed by atoms with Crippen LogP contribution in [-0.4, -0.2) is 59.9 Å². The first-order chi connectivity index (χ1) is 15.4. The Balaban J connectivity index is 1.47. The lowest BCUT2D eigenvalue weighted by Crippen LogP contribution is -2.08. The van der Waals surface area contributed by atoms with E-state index in [-0.39, 0.29) is 43.9 Å². The summed E-state index contributed by atoms with van der Waals surface area (Å²) >= 11 is 0. The highest BCUT2D eigenvalue weighted by Gasteiger charge is 2.13. The fourth-order valence-corrected chi connectivity index (χ4v) is 2.48. The molecule has 168 valence electrons. The second-order valence-electron chi connectivity index (χ2n) is 7.10. The highest BCUT2D eigenvalue weighted by molar-refractivity contribution is 5.10. The Morgan fingerprint density at radius 3 is 1.41 bits per heavy atom. The Labute approximate surface area is 182 Å². The maximum Gasteiger partial charge on any atom is 0.326 e. The SMILES string of the molecule is CC(C)n1cc(COc2nc(OCc3cn(C)nn3)nc(OCc3cn(C)nn3)n2)nn1. The zero-order chi connectivity index (χ0) is 22.5. The van der Waals surface area contributed by atoms with Crippen LogP contribution in [0.4, 0.5) is 0 Å². The fraction of sp³-hybridized carbons (Fsp3) is 0.471. The van der Waals surface area contributed by atoms with Crippen molar-refractivity contribution in [2.75, 3.05) is 0 Å². The van der Waals surface area contributed by atoms with Crippen molar-refractivity contribution in [3.63, 3.8) is 0 Å². The summed E-state index contributed by atoms with van der Waals surface area (Å²) in [5.74, 6) is 0. The minimum Gasteiger partial charge on any atom is -0.457 e. The Bertz CT molecular complexity index is 1100. The van der Waals surface area contributed by atoms with E-state index in [9.17, 15) is 0 Å². The van der Waals surface area contributed by atoms with Crippen LogP contribution in [0.25, 0.3) is 0 Å². The first kappa shape index (κ1) is 21.1. The van der Waals surface area contributed by atoms with Crippen LogP contribution in [-0.2, 0) is 33.9 Å². The largest absolute Gasteiger partial charge is 0.457 e. The molecule has 0 aliphatic heterocycles. The van der Waals surface area contributed by atoms with E-state index in [1.807, 2.05) is 13.8 Å². The van der Waals surface area contributed by atoms with E-state index in [0.717, 1.165) is 0 Å². The Morgan fingerprint density at radius 2 is 1.06 bits per heavy atom. The van der Waals surface area contributed by atoms with Crippen LogP contribution >= 0.6 is 0 Å². The standard InChI is InChI=1S/C17H22N12O3/c1-11(2)29-7-14(23-26-29)10-32-17-19-15(30-8-12-5-27(3)24-21-12)18-16(20-17)31-9-13-6-28(4)25-22-13/h5-7,11H,8-10H2,1-4H3. The first-order valence-corrected chi connectivity index (χ1v) is 9.70. The highest BCUT2D eigenvalue weighted by atomic mass is 16.5. The molecule has 4 heterocycles. The van der Waals surface area contributed by atoms with Crippen molar-refractivity contribution in [1.82, 2.24) is 59.9 Å². The van der Waals surface area contributed by atoms with Gasteiger partial charge in [-0.25, -0.2) is 4.68 Å². The maximum absolute atomic E-state index is 5.68. The number of nitrogens with zero attached hydrogens (tertiary/aromatic N) is 12. The van der Waals surface area contributed by atoms with Gasteiger partial charge in [-0.3, -0.25) is 9.36 Å². The van der Waals surface area contributed by atoms with E-state index in [4.69, 9.17) is 14.2 Å². The van der Waals surface area contributed by atoms with Crippen molar-refractivity contribution < 1.29 is 14.2 Å². The summed E-state index contributed by atoms with van der Waals surface area (Å²) in [5, 5.41) is 23.8. The Kier molecular flexibility index (Phi) is 6.14. The van der Waals surface area contributed by atoms with Crippen molar-refractivity contribution in [3.05, 3.63) is 35.7 Å². The van der Waals surface area contributed by atoms with Crippen molar-refractivity contribution in [1.29, 1.82) is 0 Å². The van der Waals surface area contributed by atoms with Crippen LogP contribution < -0.4 is 14.2 Å². The Morgan fingerprint density at radius 1 is 0.656 bits per heavy atom. The molecule has 4 aromatic heterocycles. The highest BCUT2D eigenvalue weighted by Crippen LogP contribution is 2.17. The molecular weight excluding hydrogens is 420 g/mol. The van der Waals surface area contributed by atoms with Crippen LogP contribution in [0.1, 0.15) is 37.0 Å². The molecule has 32 heavy (non-hydrogen) atoms. The molecule has 0 unspecified atom stereocenters. The summed E-state index contributed by atoms with van der Waals surface area (Å²) in [7, 11) is 3.53. The van der Waals surface area contributed by atoms with Gasteiger partial charge in [0, 0.05) is 20.1 Å². The summed E-state index contributed by atoms with van der Waals surface area (Å²) in [6.07, 6.45) is 5.24. The summed E-state index contributed by atoms with van der Waals surface area (Å²) in [4.78, 5) is 12.5. The van der Waals surface area contributed by atoms with Gasteiger partial charge >= 0.3 is 18.0 Å². The third-order valence-corrected chi connectivity index (χ3v) is 4.01. The molecule has 0 atom stereocenters. The monoisotopic (exact) mass is 442 g/mol. The molecular formula is C17H22N12O3. The minimum absolute atomic E-state index is 0.0145. The molecule has 0 aliphatic rings. The molecule has 0 saturated carbocycles. The smallest absolute Gasteiger partial charge is 0.326 e. The second-order valence-corrected chi connectivity index (χ2v) is 7.10. The topological polar surface area (TPSA) is 158 Å². The van der Waals surface area contributed by atoms with Gasteiger partial charge in [0.15, 0.2) is 0 Å². The average molecular weight is 442 g/mol. The predicted molar refractivity (Wildman–Crippen MR) is 105 cm³/mol. The number of rotatable bonds is 10. The summed E-state index contributed by atoms with van der Waals surface area (Å²) in [6.45, 7) is 4.36. The van der Waals surface area contributed by atoms with Crippen molar-refractivity contribution in [2.45, 2.75) is 39.7 Å². The molecule has 0 saturated heterocycles. The van der Waals surface area contributed by atoms with E-state index >= 15 is 0 Å².